The third-order valence-corrected chi connectivity index (χ3v) is 3.90. The van der Waals surface area contributed by atoms with Crippen molar-refractivity contribution in [3.8, 4) is 0 Å². The smallest absolute Gasteiger partial charge is 0.0149 e. The summed E-state index contributed by atoms with van der Waals surface area (Å²) in [6.45, 7) is 13.6. The van der Waals surface area contributed by atoms with Gasteiger partial charge in [-0.1, -0.05) is 52.0 Å². The molecule has 0 heterocycles. The largest absolute Gasteiger partial charge is 0.0587 e. The number of rotatable bonds is 2. The Morgan fingerprint density at radius 3 is 1.28 bits per heavy atom. The fraction of sp³-hybridized carbons (Fsp3) is 0.444. The molecule has 2 rings (SSSR count). The van der Waals surface area contributed by atoms with Crippen molar-refractivity contribution in [1.82, 2.24) is 0 Å². The summed E-state index contributed by atoms with van der Waals surface area (Å²) in [5.41, 5.74) is 5.78. The molecule has 0 saturated carbocycles. The van der Waals surface area contributed by atoms with E-state index in [4.69, 9.17) is 0 Å². The molecule has 2 aromatic rings. The standard InChI is InChI=1S/C18H24/c1-11(2)15-9-17-13(5)7-8-14(6)18(17)10-16(15)12(3)4/h7-12H,1-6H3. The first kappa shape index (κ1) is 13.1. The zero-order chi connectivity index (χ0) is 13.4. The summed E-state index contributed by atoms with van der Waals surface area (Å²) in [4.78, 5) is 0. The second kappa shape index (κ2) is 4.76. The van der Waals surface area contributed by atoms with Crippen LogP contribution in [0.5, 0.6) is 0 Å². The molecule has 0 atom stereocenters. The lowest BCUT2D eigenvalue weighted by atomic mass is 9.86. The maximum Gasteiger partial charge on any atom is -0.0149 e. The molecule has 0 fully saturated rings. The van der Waals surface area contributed by atoms with Crippen LogP contribution in [-0.4, -0.2) is 0 Å². The summed E-state index contributed by atoms with van der Waals surface area (Å²) in [6, 6.07) is 9.29. The highest BCUT2D eigenvalue weighted by atomic mass is 14.2. The highest BCUT2D eigenvalue weighted by Gasteiger charge is 2.13. The van der Waals surface area contributed by atoms with E-state index in [2.05, 4.69) is 65.8 Å². The lowest BCUT2D eigenvalue weighted by Gasteiger charge is -2.19. The number of benzene rings is 2. The van der Waals surface area contributed by atoms with Crippen molar-refractivity contribution in [2.75, 3.05) is 0 Å². The van der Waals surface area contributed by atoms with Crippen LogP contribution in [0.2, 0.25) is 0 Å². The van der Waals surface area contributed by atoms with Gasteiger partial charge >= 0.3 is 0 Å². The van der Waals surface area contributed by atoms with Crippen molar-refractivity contribution < 1.29 is 0 Å². The molecule has 0 radical (unpaired) electrons. The van der Waals surface area contributed by atoms with Crippen LogP contribution in [0, 0.1) is 13.8 Å². The third kappa shape index (κ3) is 2.16. The lowest BCUT2D eigenvalue weighted by molar-refractivity contribution is 0.793. The van der Waals surface area contributed by atoms with Gasteiger partial charge in [0.25, 0.3) is 0 Å². The van der Waals surface area contributed by atoms with Gasteiger partial charge in [-0.15, -0.1) is 0 Å². The molecular weight excluding hydrogens is 216 g/mol. The van der Waals surface area contributed by atoms with Crippen LogP contribution in [0.4, 0.5) is 0 Å². The Bertz CT molecular complexity index is 522. The van der Waals surface area contributed by atoms with Crippen LogP contribution >= 0.6 is 0 Å². The Morgan fingerprint density at radius 2 is 1.00 bits per heavy atom. The topological polar surface area (TPSA) is 0 Å². The van der Waals surface area contributed by atoms with Crippen molar-refractivity contribution in [1.29, 1.82) is 0 Å². The van der Waals surface area contributed by atoms with E-state index >= 15 is 0 Å². The summed E-state index contributed by atoms with van der Waals surface area (Å²) >= 11 is 0. The highest BCUT2D eigenvalue weighted by Crippen LogP contribution is 2.33. The first-order chi connectivity index (χ1) is 8.41. The normalized spacial score (nSPS) is 11.8. The van der Waals surface area contributed by atoms with Gasteiger partial charge in [-0.2, -0.15) is 0 Å². The fourth-order valence-electron chi connectivity index (χ4n) is 2.72. The molecule has 0 aromatic heterocycles. The average Bonchev–Trinajstić information content (AvgIpc) is 2.32. The molecule has 18 heavy (non-hydrogen) atoms. The molecule has 96 valence electrons. The molecule has 0 amide bonds. The zero-order valence-electron chi connectivity index (χ0n) is 12.5. The van der Waals surface area contributed by atoms with Crippen LogP contribution < -0.4 is 0 Å². The van der Waals surface area contributed by atoms with Crippen LogP contribution in [0.1, 0.15) is 61.8 Å². The quantitative estimate of drug-likeness (QED) is 0.631. The Hall–Kier alpha value is -1.30. The molecule has 0 N–H and O–H groups in total. The minimum Gasteiger partial charge on any atom is -0.0587 e. The van der Waals surface area contributed by atoms with Gasteiger partial charge < -0.3 is 0 Å². The van der Waals surface area contributed by atoms with Gasteiger partial charge in [-0.3, -0.25) is 0 Å². The SMILES string of the molecule is Cc1ccc(C)c2cc(C(C)C)c(C(C)C)cc12. The van der Waals surface area contributed by atoms with E-state index in [0.717, 1.165) is 0 Å². The van der Waals surface area contributed by atoms with E-state index in [-0.39, 0.29) is 0 Å². The predicted molar refractivity (Wildman–Crippen MR) is 81.6 cm³/mol. The Morgan fingerprint density at radius 1 is 0.667 bits per heavy atom. The summed E-state index contributed by atoms with van der Waals surface area (Å²) in [6.07, 6.45) is 0. The molecule has 0 nitrogen and oxygen atoms in total. The minimum absolute atomic E-state index is 0.590. The lowest BCUT2D eigenvalue weighted by Crippen LogP contribution is -2.00. The van der Waals surface area contributed by atoms with Gasteiger partial charge in [0.15, 0.2) is 0 Å². The monoisotopic (exact) mass is 240 g/mol. The van der Waals surface area contributed by atoms with E-state index in [0.29, 0.717) is 11.8 Å². The van der Waals surface area contributed by atoms with Crippen LogP contribution in [0.15, 0.2) is 24.3 Å². The Balaban J connectivity index is 2.84. The van der Waals surface area contributed by atoms with Gasteiger partial charge in [0.1, 0.15) is 0 Å². The second-order valence-electron chi connectivity index (χ2n) is 6.04. The summed E-state index contributed by atoms with van der Waals surface area (Å²) in [7, 11) is 0. The molecule has 0 bridgehead atoms. The van der Waals surface area contributed by atoms with Crippen molar-refractivity contribution >= 4 is 10.8 Å². The Kier molecular flexibility index (Phi) is 3.47. The van der Waals surface area contributed by atoms with Crippen LogP contribution in [-0.2, 0) is 0 Å². The fourth-order valence-corrected chi connectivity index (χ4v) is 2.72. The maximum absolute atomic E-state index is 2.41. The Labute approximate surface area is 111 Å². The zero-order valence-corrected chi connectivity index (χ0v) is 12.5. The van der Waals surface area contributed by atoms with Gasteiger partial charge in [0.05, 0.1) is 0 Å². The van der Waals surface area contributed by atoms with E-state index in [1.807, 2.05) is 0 Å². The highest BCUT2D eigenvalue weighted by molar-refractivity contribution is 5.90. The number of hydrogen-bond donors (Lipinski definition) is 0. The third-order valence-electron chi connectivity index (χ3n) is 3.90. The molecule has 0 aliphatic carbocycles. The van der Waals surface area contributed by atoms with E-state index in [1.165, 1.54) is 33.0 Å². The molecular formula is C18H24. The van der Waals surface area contributed by atoms with Crippen molar-refractivity contribution in [3.05, 3.63) is 46.5 Å². The summed E-state index contributed by atoms with van der Waals surface area (Å²) in [5, 5.41) is 2.84. The number of fused-ring (bicyclic) bond motifs is 1. The molecule has 0 heteroatoms. The first-order valence-electron chi connectivity index (χ1n) is 6.95. The van der Waals surface area contributed by atoms with Crippen LogP contribution in [0.25, 0.3) is 10.8 Å². The molecule has 0 saturated heterocycles. The average molecular weight is 240 g/mol. The summed E-state index contributed by atoms with van der Waals surface area (Å²) < 4.78 is 0. The minimum atomic E-state index is 0.590. The number of aryl methyl sites for hydroxylation is 2. The second-order valence-corrected chi connectivity index (χ2v) is 6.04. The summed E-state index contributed by atoms with van der Waals surface area (Å²) in [5.74, 6) is 1.18. The van der Waals surface area contributed by atoms with Gasteiger partial charge in [0.2, 0.25) is 0 Å². The van der Waals surface area contributed by atoms with Crippen LogP contribution in [0.3, 0.4) is 0 Å². The van der Waals surface area contributed by atoms with Gasteiger partial charge in [0, 0.05) is 0 Å². The number of hydrogen-bond acceptors (Lipinski definition) is 0. The van der Waals surface area contributed by atoms with E-state index < -0.39 is 0 Å². The maximum atomic E-state index is 2.41. The molecule has 0 aliphatic rings. The van der Waals surface area contributed by atoms with Crippen molar-refractivity contribution in [2.45, 2.75) is 53.4 Å². The molecule has 0 spiro atoms. The molecule has 0 unspecified atom stereocenters. The first-order valence-corrected chi connectivity index (χ1v) is 6.95. The van der Waals surface area contributed by atoms with Gasteiger partial charge in [-0.25, -0.2) is 0 Å². The van der Waals surface area contributed by atoms with Gasteiger partial charge in [-0.05, 0) is 58.7 Å². The van der Waals surface area contributed by atoms with Crippen molar-refractivity contribution in [2.24, 2.45) is 0 Å². The predicted octanol–water partition coefficient (Wildman–Crippen LogP) is 5.70. The molecule has 2 aromatic carbocycles. The van der Waals surface area contributed by atoms with E-state index in [9.17, 15) is 0 Å². The van der Waals surface area contributed by atoms with E-state index in [1.54, 1.807) is 0 Å². The molecule has 0 aliphatic heterocycles. The van der Waals surface area contributed by atoms with Crippen molar-refractivity contribution in [3.63, 3.8) is 0 Å².